The number of amides is 1. The number of nitrogens with one attached hydrogen (secondary N) is 2. The van der Waals surface area contributed by atoms with Gasteiger partial charge in [0.1, 0.15) is 0 Å². The van der Waals surface area contributed by atoms with Gasteiger partial charge in [-0.05, 0) is 31.0 Å². The van der Waals surface area contributed by atoms with Crippen molar-refractivity contribution in [3.63, 3.8) is 0 Å². The lowest BCUT2D eigenvalue weighted by molar-refractivity contribution is 0.0952. The molecule has 2 rings (SSSR count). The Balaban J connectivity index is 1.95. The molecule has 0 radical (unpaired) electrons. The van der Waals surface area contributed by atoms with Gasteiger partial charge in [-0.3, -0.25) is 9.52 Å². The Morgan fingerprint density at radius 3 is 2.78 bits per heavy atom. The van der Waals surface area contributed by atoms with Gasteiger partial charge in [0, 0.05) is 31.0 Å². The summed E-state index contributed by atoms with van der Waals surface area (Å²) in [6.45, 7) is 3.02. The van der Waals surface area contributed by atoms with Crippen molar-refractivity contribution in [2.75, 3.05) is 17.5 Å². The average Bonchev–Trinajstić information content (AvgIpc) is 2.97. The zero-order chi connectivity index (χ0) is 16.9. The third-order valence-electron chi connectivity index (χ3n) is 3.31. The number of hydrogen-bond acceptors (Lipinski definition) is 4. The van der Waals surface area contributed by atoms with Crippen LogP contribution < -0.4 is 10.0 Å². The minimum absolute atomic E-state index is 0.217. The molecule has 1 aromatic carbocycles. The molecule has 124 valence electrons. The first kappa shape index (κ1) is 17.0. The summed E-state index contributed by atoms with van der Waals surface area (Å²) < 4.78 is 27.0. The number of aryl methyl sites for hydroxylation is 1. The summed E-state index contributed by atoms with van der Waals surface area (Å²) >= 11 is 0. The molecule has 2 N–H and O–H groups in total. The highest BCUT2D eigenvalue weighted by molar-refractivity contribution is 7.92. The van der Waals surface area contributed by atoms with Crippen LogP contribution in [-0.2, 0) is 16.6 Å². The van der Waals surface area contributed by atoms with Crippen molar-refractivity contribution in [3.8, 4) is 0 Å². The van der Waals surface area contributed by atoms with Gasteiger partial charge >= 0.3 is 0 Å². The first-order valence-corrected chi connectivity index (χ1v) is 9.07. The van der Waals surface area contributed by atoms with Gasteiger partial charge in [0.15, 0.2) is 0 Å². The highest BCUT2D eigenvalue weighted by Crippen LogP contribution is 2.19. The maximum Gasteiger partial charge on any atom is 0.251 e. The van der Waals surface area contributed by atoms with E-state index in [0.29, 0.717) is 23.4 Å². The van der Waals surface area contributed by atoms with Gasteiger partial charge in [0.25, 0.3) is 5.91 Å². The molecule has 0 unspecified atom stereocenters. The minimum Gasteiger partial charge on any atom is -0.352 e. The van der Waals surface area contributed by atoms with E-state index in [0.717, 1.165) is 19.2 Å². The molecule has 0 aliphatic rings. The zero-order valence-corrected chi connectivity index (χ0v) is 13.9. The Hall–Kier alpha value is -2.35. The predicted molar refractivity (Wildman–Crippen MR) is 88.8 cm³/mol. The smallest absolute Gasteiger partial charge is 0.251 e. The van der Waals surface area contributed by atoms with Crippen molar-refractivity contribution in [1.82, 2.24) is 14.9 Å². The van der Waals surface area contributed by atoms with Crippen molar-refractivity contribution in [3.05, 3.63) is 48.0 Å². The molecular weight excluding hydrogens is 316 g/mol. The van der Waals surface area contributed by atoms with Gasteiger partial charge in [-0.1, -0.05) is 6.07 Å². The second-order valence-electron chi connectivity index (χ2n) is 5.26. The summed E-state index contributed by atoms with van der Waals surface area (Å²) in [6.07, 6.45) is 7.17. The molecule has 0 atom stereocenters. The monoisotopic (exact) mass is 336 g/mol. The van der Waals surface area contributed by atoms with E-state index in [-0.39, 0.29) is 5.91 Å². The fraction of sp³-hybridized carbons (Fsp3) is 0.333. The number of anilines is 1. The lowest BCUT2D eigenvalue weighted by Crippen LogP contribution is -2.26. The number of imidazole rings is 1. The van der Waals surface area contributed by atoms with Gasteiger partial charge in [-0.25, -0.2) is 13.4 Å². The van der Waals surface area contributed by atoms with Crippen molar-refractivity contribution >= 4 is 21.6 Å². The first-order valence-electron chi connectivity index (χ1n) is 7.18. The van der Waals surface area contributed by atoms with E-state index in [1.807, 2.05) is 10.8 Å². The highest BCUT2D eigenvalue weighted by Gasteiger charge is 2.13. The van der Waals surface area contributed by atoms with Crippen LogP contribution in [0.4, 0.5) is 5.69 Å². The first-order chi connectivity index (χ1) is 10.9. The fourth-order valence-corrected chi connectivity index (χ4v) is 2.79. The van der Waals surface area contributed by atoms with Crippen LogP contribution in [-0.4, -0.2) is 36.7 Å². The average molecular weight is 336 g/mol. The zero-order valence-electron chi connectivity index (χ0n) is 13.1. The summed E-state index contributed by atoms with van der Waals surface area (Å²) in [5, 5.41) is 2.84. The minimum atomic E-state index is -3.38. The van der Waals surface area contributed by atoms with E-state index in [1.165, 1.54) is 0 Å². The Labute approximate surface area is 135 Å². The SMILES string of the molecule is Cc1c(NS(C)(=O)=O)cccc1C(=O)NCCCn1ccnc1. The van der Waals surface area contributed by atoms with Crippen LogP contribution in [0.5, 0.6) is 0 Å². The van der Waals surface area contributed by atoms with Crippen LogP contribution in [0.3, 0.4) is 0 Å². The number of carbonyl (C=O) groups is 1. The van der Waals surface area contributed by atoms with Crippen LogP contribution in [0.2, 0.25) is 0 Å². The number of carbonyl (C=O) groups excluding carboxylic acids is 1. The predicted octanol–water partition coefficient (Wildman–Crippen LogP) is 1.38. The van der Waals surface area contributed by atoms with Crippen LogP contribution >= 0.6 is 0 Å². The molecule has 7 nitrogen and oxygen atoms in total. The molecule has 0 fully saturated rings. The van der Waals surface area contributed by atoms with Gasteiger partial charge in [0.05, 0.1) is 18.3 Å². The standard InChI is InChI=1S/C15H20N4O3S/c1-12-13(5-3-6-14(12)18-23(2,21)22)15(20)17-7-4-9-19-10-8-16-11-19/h3,5-6,8,10-11,18H,4,7,9H2,1-2H3,(H,17,20). The van der Waals surface area contributed by atoms with Crippen molar-refractivity contribution < 1.29 is 13.2 Å². The Bertz CT molecular complexity index is 770. The van der Waals surface area contributed by atoms with E-state index >= 15 is 0 Å². The Morgan fingerprint density at radius 1 is 1.35 bits per heavy atom. The summed E-state index contributed by atoms with van der Waals surface area (Å²) in [5.74, 6) is -0.217. The van der Waals surface area contributed by atoms with Gasteiger partial charge in [0.2, 0.25) is 10.0 Å². The van der Waals surface area contributed by atoms with Gasteiger partial charge in [-0.15, -0.1) is 0 Å². The maximum absolute atomic E-state index is 12.2. The lowest BCUT2D eigenvalue weighted by atomic mass is 10.1. The molecule has 0 aliphatic carbocycles. The fourth-order valence-electron chi connectivity index (χ4n) is 2.17. The number of benzene rings is 1. The molecule has 0 bridgehead atoms. The Morgan fingerprint density at radius 2 is 2.13 bits per heavy atom. The van der Waals surface area contributed by atoms with Crippen LogP contribution in [0.1, 0.15) is 22.3 Å². The number of hydrogen-bond donors (Lipinski definition) is 2. The topological polar surface area (TPSA) is 93.1 Å². The van der Waals surface area contributed by atoms with E-state index in [9.17, 15) is 13.2 Å². The summed E-state index contributed by atoms with van der Waals surface area (Å²) in [5.41, 5.74) is 1.48. The third-order valence-corrected chi connectivity index (χ3v) is 3.90. The lowest BCUT2D eigenvalue weighted by Gasteiger charge is -2.12. The highest BCUT2D eigenvalue weighted by atomic mass is 32.2. The number of sulfonamides is 1. The van der Waals surface area contributed by atoms with Crippen molar-refractivity contribution in [1.29, 1.82) is 0 Å². The number of nitrogens with zero attached hydrogens (tertiary/aromatic N) is 2. The molecule has 1 amide bonds. The molecule has 2 aromatic rings. The van der Waals surface area contributed by atoms with Crippen LogP contribution in [0, 0.1) is 6.92 Å². The summed E-state index contributed by atoms with van der Waals surface area (Å²) in [6, 6.07) is 4.96. The molecule has 1 aromatic heterocycles. The normalized spacial score (nSPS) is 11.2. The molecule has 0 spiro atoms. The molecule has 0 saturated carbocycles. The van der Waals surface area contributed by atoms with Gasteiger partial charge < -0.3 is 9.88 Å². The second kappa shape index (κ2) is 7.28. The third kappa shape index (κ3) is 5.10. The molecule has 8 heteroatoms. The van der Waals surface area contributed by atoms with E-state index < -0.39 is 10.0 Å². The largest absolute Gasteiger partial charge is 0.352 e. The van der Waals surface area contributed by atoms with E-state index in [2.05, 4.69) is 15.0 Å². The second-order valence-corrected chi connectivity index (χ2v) is 7.01. The molecular formula is C15H20N4O3S. The van der Waals surface area contributed by atoms with E-state index in [4.69, 9.17) is 0 Å². The quantitative estimate of drug-likeness (QED) is 0.747. The molecule has 0 aliphatic heterocycles. The molecule has 0 saturated heterocycles. The Kier molecular flexibility index (Phi) is 5.38. The van der Waals surface area contributed by atoms with Crippen molar-refractivity contribution in [2.24, 2.45) is 0 Å². The molecule has 23 heavy (non-hydrogen) atoms. The van der Waals surface area contributed by atoms with Crippen LogP contribution in [0.15, 0.2) is 36.9 Å². The summed E-state index contributed by atoms with van der Waals surface area (Å²) in [4.78, 5) is 16.2. The van der Waals surface area contributed by atoms with Crippen LogP contribution in [0.25, 0.3) is 0 Å². The maximum atomic E-state index is 12.2. The van der Waals surface area contributed by atoms with E-state index in [1.54, 1.807) is 37.6 Å². The number of rotatable bonds is 7. The summed E-state index contributed by atoms with van der Waals surface area (Å²) in [7, 11) is -3.38. The number of aromatic nitrogens is 2. The van der Waals surface area contributed by atoms with Crippen molar-refractivity contribution in [2.45, 2.75) is 19.9 Å². The molecule has 1 heterocycles. The van der Waals surface area contributed by atoms with Gasteiger partial charge in [-0.2, -0.15) is 0 Å².